The summed E-state index contributed by atoms with van der Waals surface area (Å²) in [6, 6.07) is 0. The summed E-state index contributed by atoms with van der Waals surface area (Å²) in [6.45, 7) is 11.6. The number of rotatable bonds is 4. The van der Waals surface area contributed by atoms with Crippen molar-refractivity contribution in [2.24, 2.45) is 5.73 Å². The molecule has 2 N–H and O–H groups in total. The molecule has 2 heterocycles. The molecule has 0 aromatic heterocycles. The number of thioether (sulfide) groups is 1. The molecule has 0 spiro atoms. The summed E-state index contributed by atoms with van der Waals surface area (Å²) < 4.78 is 0. The Morgan fingerprint density at radius 2 is 2.05 bits per heavy atom. The van der Waals surface area contributed by atoms with Crippen molar-refractivity contribution in [2.45, 2.75) is 50.3 Å². The van der Waals surface area contributed by atoms with Gasteiger partial charge in [-0.1, -0.05) is 13.8 Å². The Labute approximate surface area is 123 Å². The van der Waals surface area contributed by atoms with E-state index in [1.54, 1.807) is 0 Å². The zero-order valence-corrected chi connectivity index (χ0v) is 13.6. The molecule has 19 heavy (non-hydrogen) atoms. The number of likely N-dealkylation sites (tertiary alicyclic amines) is 1. The lowest BCUT2D eigenvalue weighted by Crippen LogP contribution is -2.58. The summed E-state index contributed by atoms with van der Waals surface area (Å²) in [6.07, 6.45) is 5.16. The van der Waals surface area contributed by atoms with Gasteiger partial charge in [-0.15, -0.1) is 0 Å². The van der Waals surface area contributed by atoms with Crippen LogP contribution in [0.1, 0.15) is 39.5 Å². The van der Waals surface area contributed by atoms with Crippen LogP contribution in [0.5, 0.6) is 0 Å². The summed E-state index contributed by atoms with van der Waals surface area (Å²) >= 11 is 2.16. The zero-order chi connectivity index (χ0) is 13.7. The van der Waals surface area contributed by atoms with Gasteiger partial charge in [-0.25, -0.2) is 0 Å². The maximum absolute atomic E-state index is 6.25. The van der Waals surface area contributed by atoms with Crippen molar-refractivity contribution in [3.05, 3.63) is 0 Å². The fraction of sp³-hybridized carbons (Fsp3) is 1.00. The first-order valence-electron chi connectivity index (χ1n) is 8.03. The van der Waals surface area contributed by atoms with Crippen LogP contribution < -0.4 is 5.73 Å². The summed E-state index contributed by atoms with van der Waals surface area (Å²) in [5.74, 6) is 1.29. The largest absolute Gasteiger partial charge is 0.329 e. The molecule has 0 radical (unpaired) electrons. The molecular formula is C15H31N3S. The van der Waals surface area contributed by atoms with Gasteiger partial charge in [0.1, 0.15) is 0 Å². The van der Waals surface area contributed by atoms with Crippen molar-refractivity contribution >= 4 is 11.8 Å². The van der Waals surface area contributed by atoms with E-state index in [1.165, 1.54) is 64.2 Å². The first kappa shape index (κ1) is 15.6. The van der Waals surface area contributed by atoms with Gasteiger partial charge in [0.2, 0.25) is 0 Å². The molecule has 0 saturated carbocycles. The van der Waals surface area contributed by atoms with Crippen LogP contribution in [0.15, 0.2) is 0 Å². The lowest BCUT2D eigenvalue weighted by Gasteiger charge is -2.47. The standard InChI is InChI=1S/C15H31N3S/c1-3-14-12-18(10-11-19-14)15(13-16)6-5-8-17(4-2)9-7-15/h14H,3-13,16H2,1-2H3. The van der Waals surface area contributed by atoms with Crippen molar-refractivity contribution in [1.29, 1.82) is 0 Å². The normalized spacial score (nSPS) is 35.2. The van der Waals surface area contributed by atoms with Crippen LogP contribution in [-0.2, 0) is 0 Å². The first-order valence-corrected chi connectivity index (χ1v) is 9.08. The van der Waals surface area contributed by atoms with Gasteiger partial charge in [0, 0.05) is 36.2 Å². The highest BCUT2D eigenvalue weighted by molar-refractivity contribution is 8.00. The summed E-state index contributed by atoms with van der Waals surface area (Å²) in [7, 11) is 0. The van der Waals surface area contributed by atoms with E-state index in [0.29, 0.717) is 0 Å². The molecule has 2 saturated heterocycles. The van der Waals surface area contributed by atoms with E-state index in [-0.39, 0.29) is 5.54 Å². The Bertz CT molecular complexity index is 274. The van der Waals surface area contributed by atoms with Crippen LogP contribution in [-0.4, -0.2) is 65.6 Å². The average molecular weight is 286 g/mol. The van der Waals surface area contributed by atoms with Crippen molar-refractivity contribution in [1.82, 2.24) is 9.80 Å². The maximum atomic E-state index is 6.25. The quantitative estimate of drug-likeness (QED) is 0.856. The minimum atomic E-state index is 0.290. The molecule has 3 nitrogen and oxygen atoms in total. The smallest absolute Gasteiger partial charge is 0.0345 e. The lowest BCUT2D eigenvalue weighted by molar-refractivity contribution is 0.0811. The van der Waals surface area contributed by atoms with E-state index in [2.05, 4.69) is 35.4 Å². The monoisotopic (exact) mass is 285 g/mol. The SMILES string of the molecule is CCC1CN(C2(CN)CCCN(CC)CC2)CCS1. The van der Waals surface area contributed by atoms with Crippen LogP contribution in [0.3, 0.4) is 0 Å². The summed E-state index contributed by atoms with van der Waals surface area (Å²) in [5.41, 5.74) is 6.54. The van der Waals surface area contributed by atoms with Crippen molar-refractivity contribution < 1.29 is 0 Å². The van der Waals surface area contributed by atoms with Gasteiger partial charge in [0.25, 0.3) is 0 Å². The van der Waals surface area contributed by atoms with Gasteiger partial charge < -0.3 is 10.6 Å². The van der Waals surface area contributed by atoms with Gasteiger partial charge in [0.05, 0.1) is 0 Å². The Morgan fingerprint density at radius 3 is 2.74 bits per heavy atom. The second kappa shape index (κ2) is 7.30. The molecule has 0 bridgehead atoms. The molecule has 2 unspecified atom stereocenters. The fourth-order valence-electron chi connectivity index (χ4n) is 3.60. The molecule has 4 heteroatoms. The van der Waals surface area contributed by atoms with E-state index in [0.717, 1.165) is 11.8 Å². The summed E-state index contributed by atoms with van der Waals surface area (Å²) in [4.78, 5) is 5.34. The minimum Gasteiger partial charge on any atom is -0.329 e. The van der Waals surface area contributed by atoms with Crippen LogP contribution in [0.2, 0.25) is 0 Å². The van der Waals surface area contributed by atoms with Gasteiger partial charge in [-0.05, 0) is 45.3 Å². The highest BCUT2D eigenvalue weighted by Crippen LogP contribution is 2.33. The van der Waals surface area contributed by atoms with Gasteiger partial charge in [-0.2, -0.15) is 11.8 Å². The number of nitrogens with two attached hydrogens (primary N) is 1. The Morgan fingerprint density at radius 1 is 1.21 bits per heavy atom. The molecule has 2 aliphatic heterocycles. The molecule has 0 aliphatic carbocycles. The minimum absolute atomic E-state index is 0.290. The fourth-order valence-corrected chi connectivity index (χ4v) is 4.78. The molecule has 0 amide bonds. The number of nitrogens with zero attached hydrogens (tertiary/aromatic N) is 2. The third-order valence-corrected chi connectivity index (χ3v) is 6.47. The Hall–Kier alpha value is 0.230. The highest BCUT2D eigenvalue weighted by Gasteiger charge is 2.38. The third kappa shape index (κ3) is 3.66. The molecule has 2 atom stereocenters. The van der Waals surface area contributed by atoms with E-state index in [1.807, 2.05) is 0 Å². The Kier molecular flexibility index (Phi) is 6.00. The lowest BCUT2D eigenvalue weighted by atomic mass is 9.88. The van der Waals surface area contributed by atoms with Crippen LogP contribution in [0.4, 0.5) is 0 Å². The molecule has 2 rings (SSSR count). The second-order valence-corrected chi connectivity index (χ2v) is 7.47. The van der Waals surface area contributed by atoms with E-state index in [4.69, 9.17) is 5.73 Å². The molecular weight excluding hydrogens is 254 g/mol. The van der Waals surface area contributed by atoms with Crippen molar-refractivity contribution in [3.8, 4) is 0 Å². The van der Waals surface area contributed by atoms with E-state index < -0.39 is 0 Å². The maximum Gasteiger partial charge on any atom is 0.0345 e. The van der Waals surface area contributed by atoms with Gasteiger partial charge in [0.15, 0.2) is 0 Å². The highest BCUT2D eigenvalue weighted by atomic mass is 32.2. The predicted octanol–water partition coefficient (Wildman–Crippen LogP) is 2.02. The third-order valence-electron chi connectivity index (χ3n) is 5.10. The number of hydrogen-bond donors (Lipinski definition) is 1. The Balaban J connectivity index is 2.04. The predicted molar refractivity (Wildman–Crippen MR) is 85.9 cm³/mol. The molecule has 2 fully saturated rings. The van der Waals surface area contributed by atoms with Crippen LogP contribution in [0.25, 0.3) is 0 Å². The molecule has 2 aliphatic rings. The summed E-state index contributed by atoms with van der Waals surface area (Å²) in [5, 5.41) is 0.822. The van der Waals surface area contributed by atoms with Crippen LogP contribution >= 0.6 is 11.8 Å². The topological polar surface area (TPSA) is 32.5 Å². The molecule has 0 aromatic carbocycles. The molecule has 0 aromatic rings. The number of hydrogen-bond acceptors (Lipinski definition) is 4. The van der Waals surface area contributed by atoms with Crippen molar-refractivity contribution in [3.63, 3.8) is 0 Å². The van der Waals surface area contributed by atoms with Gasteiger partial charge in [-0.3, -0.25) is 4.90 Å². The van der Waals surface area contributed by atoms with Crippen LogP contribution in [0, 0.1) is 0 Å². The zero-order valence-electron chi connectivity index (χ0n) is 12.7. The van der Waals surface area contributed by atoms with E-state index >= 15 is 0 Å². The van der Waals surface area contributed by atoms with E-state index in [9.17, 15) is 0 Å². The average Bonchev–Trinajstić information content (AvgIpc) is 2.70. The van der Waals surface area contributed by atoms with Gasteiger partial charge >= 0.3 is 0 Å². The molecule has 112 valence electrons. The van der Waals surface area contributed by atoms with Crippen molar-refractivity contribution in [2.75, 3.05) is 45.0 Å². The first-order chi connectivity index (χ1) is 9.24. The second-order valence-electron chi connectivity index (χ2n) is 6.06.